The Morgan fingerprint density at radius 2 is 2.14 bits per heavy atom. The smallest absolute Gasteiger partial charge is 0.240 e. The number of nitrogens with one attached hydrogen (secondary N) is 1. The predicted molar refractivity (Wildman–Crippen MR) is 82.9 cm³/mol. The van der Waals surface area contributed by atoms with E-state index in [1.54, 1.807) is 18.2 Å². The highest BCUT2D eigenvalue weighted by Gasteiger charge is 2.30. The molecule has 1 aliphatic rings. The summed E-state index contributed by atoms with van der Waals surface area (Å²) in [5.74, 6) is 0.959. The molecule has 21 heavy (non-hydrogen) atoms. The summed E-state index contributed by atoms with van der Waals surface area (Å²) in [5.41, 5.74) is 6.53. The van der Waals surface area contributed by atoms with Crippen LogP contribution in [0.4, 0.5) is 0 Å². The van der Waals surface area contributed by atoms with Crippen molar-refractivity contribution in [3.05, 3.63) is 23.8 Å². The van der Waals surface area contributed by atoms with Gasteiger partial charge in [-0.25, -0.2) is 13.1 Å². The van der Waals surface area contributed by atoms with Crippen molar-refractivity contribution in [1.29, 1.82) is 0 Å². The van der Waals surface area contributed by atoms with E-state index in [1.807, 2.05) is 13.8 Å². The quantitative estimate of drug-likeness (QED) is 0.839. The van der Waals surface area contributed by atoms with Crippen LogP contribution in [0.1, 0.15) is 31.7 Å². The summed E-state index contributed by atoms with van der Waals surface area (Å²) in [5, 5.41) is 0. The van der Waals surface area contributed by atoms with E-state index in [4.69, 9.17) is 10.5 Å². The van der Waals surface area contributed by atoms with Crippen molar-refractivity contribution in [3.63, 3.8) is 0 Å². The fourth-order valence-electron chi connectivity index (χ4n) is 2.85. The fourth-order valence-corrected chi connectivity index (χ4v) is 4.27. The van der Waals surface area contributed by atoms with Gasteiger partial charge >= 0.3 is 0 Å². The fraction of sp³-hybridized carbons (Fsp3) is 0.600. The van der Waals surface area contributed by atoms with E-state index >= 15 is 0 Å². The Morgan fingerprint density at radius 1 is 1.38 bits per heavy atom. The summed E-state index contributed by atoms with van der Waals surface area (Å²) in [6.45, 7) is 4.84. The molecule has 0 radical (unpaired) electrons. The van der Waals surface area contributed by atoms with Gasteiger partial charge in [0, 0.05) is 6.04 Å². The molecule has 2 rings (SSSR count). The van der Waals surface area contributed by atoms with Crippen molar-refractivity contribution in [2.45, 2.75) is 44.0 Å². The summed E-state index contributed by atoms with van der Waals surface area (Å²) in [6, 6.07) is 4.90. The molecular weight excluding hydrogens is 288 g/mol. The molecule has 0 spiro atoms. The summed E-state index contributed by atoms with van der Waals surface area (Å²) < 4.78 is 33.2. The average molecular weight is 312 g/mol. The molecule has 1 fully saturated rings. The Balaban J connectivity index is 2.17. The number of benzene rings is 1. The second-order valence-corrected chi connectivity index (χ2v) is 7.23. The number of ether oxygens (including phenoxy) is 1. The van der Waals surface area contributed by atoms with E-state index in [0.717, 1.165) is 30.6 Å². The minimum absolute atomic E-state index is 0.0492. The van der Waals surface area contributed by atoms with Gasteiger partial charge in [-0.1, -0.05) is 6.42 Å². The average Bonchev–Trinajstić information content (AvgIpc) is 2.87. The van der Waals surface area contributed by atoms with Gasteiger partial charge in [-0.05, 0) is 62.9 Å². The zero-order chi connectivity index (χ0) is 15.5. The molecule has 6 heteroatoms. The highest BCUT2D eigenvalue weighted by Crippen LogP contribution is 2.27. The monoisotopic (exact) mass is 312 g/mol. The van der Waals surface area contributed by atoms with E-state index in [9.17, 15) is 8.42 Å². The van der Waals surface area contributed by atoms with Crippen LogP contribution in [-0.4, -0.2) is 27.6 Å². The number of hydrogen-bond acceptors (Lipinski definition) is 4. The predicted octanol–water partition coefficient (Wildman–Crippen LogP) is 1.80. The number of sulfonamides is 1. The summed E-state index contributed by atoms with van der Waals surface area (Å²) in [6.07, 6.45) is 2.88. The van der Waals surface area contributed by atoms with Crippen LogP contribution >= 0.6 is 0 Å². The van der Waals surface area contributed by atoms with Gasteiger partial charge in [-0.15, -0.1) is 0 Å². The normalized spacial score (nSPS) is 22.4. The van der Waals surface area contributed by atoms with Gasteiger partial charge in [0.2, 0.25) is 10.0 Å². The molecule has 2 atom stereocenters. The van der Waals surface area contributed by atoms with Crippen molar-refractivity contribution in [1.82, 2.24) is 4.72 Å². The molecule has 0 saturated heterocycles. The third-order valence-corrected chi connectivity index (χ3v) is 5.51. The third kappa shape index (κ3) is 3.75. The summed E-state index contributed by atoms with van der Waals surface area (Å²) in [7, 11) is -3.50. The van der Waals surface area contributed by atoms with Gasteiger partial charge in [0.1, 0.15) is 5.75 Å². The lowest BCUT2D eigenvalue weighted by atomic mass is 10.1. The second-order valence-electron chi connectivity index (χ2n) is 5.51. The van der Waals surface area contributed by atoms with Crippen LogP contribution in [0.25, 0.3) is 0 Å². The van der Waals surface area contributed by atoms with Crippen molar-refractivity contribution < 1.29 is 13.2 Å². The van der Waals surface area contributed by atoms with Crippen molar-refractivity contribution in [2.24, 2.45) is 11.7 Å². The van der Waals surface area contributed by atoms with Crippen LogP contribution in [0, 0.1) is 12.8 Å². The molecule has 0 heterocycles. The van der Waals surface area contributed by atoms with Crippen LogP contribution in [0.3, 0.4) is 0 Å². The van der Waals surface area contributed by atoms with E-state index in [1.165, 1.54) is 0 Å². The lowest BCUT2D eigenvalue weighted by molar-refractivity contribution is 0.337. The first-order valence-corrected chi connectivity index (χ1v) is 8.92. The number of rotatable bonds is 6. The molecule has 5 nitrogen and oxygen atoms in total. The Morgan fingerprint density at radius 3 is 2.76 bits per heavy atom. The number of aryl methyl sites for hydroxylation is 1. The molecule has 1 saturated carbocycles. The number of hydrogen-bond donors (Lipinski definition) is 2. The molecule has 0 aromatic heterocycles. The van der Waals surface area contributed by atoms with E-state index in [0.29, 0.717) is 13.2 Å². The SMILES string of the molecule is CCOc1ccc(S(=O)(=O)NC2CCCC2CN)cc1C. The number of nitrogens with two attached hydrogens (primary N) is 1. The van der Waals surface area contributed by atoms with Crippen molar-refractivity contribution in [3.8, 4) is 5.75 Å². The van der Waals surface area contributed by atoms with Gasteiger partial charge in [0.25, 0.3) is 0 Å². The Labute approximate surface area is 126 Å². The van der Waals surface area contributed by atoms with Crippen LogP contribution in [0.5, 0.6) is 5.75 Å². The zero-order valence-corrected chi connectivity index (χ0v) is 13.4. The summed E-state index contributed by atoms with van der Waals surface area (Å²) in [4.78, 5) is 0.283. The molecular formula is C15H24N2O3S. The Hall–Kier alpha value is -1.11. The lowest BCUT2D eigenvalue weighted by Gasteiger charge is -2.19. The van der Waals surface area contributed by atoms with Crippen LogP contribution < -0.4 is 15.2 Å². The first-order chi connectivity index (χ1) is 9.97. The van der Waals surface area contributed by atoms with Crippen molar-refractivity contribution in [2.75, 3.05) is 13.2 Å². The molecule has 0 aliphatic heterocycles. The molecule has 1 aliphatic carbocycles. The molecule has 3 N–H and O–H groups in total. The first-order valence-electron chi connectivity index (χ1n) is 7.43. The van der Waals surface area contributed by atoms with Crippen LogP contribution in [-0.2, 0) is 10.0 Å². The Kier molecular flexibility index (Phi) is 5.24. The minimum atomic E-state index is -3.50. The molecule has 118 valence electrons. The highest BCUT2D eigenvalue weighted by molar-refractivity contribution is 7.89. The molecule has 1 aromatic carbocycles. The first kappa shape index (κ1) is 16.3. The zero-order valence-electron chi connectivity index (χ0n) is 12.6. The lowest BCUT2D eigenvalue weighted by Crippen LogP contribution is -2.39. The van der Waals surface area contributed by atoms with Gasteiger partial charge < -0.3 is 10.5 Å². The standard InChI is InChI=1S/C15H24N2O3S/c1-3-20-15-8-7-13(9-11(15)2)21(18,19)17-14-6-4-5-12(14)10-16/h7-9,12,14,17H,3-6,10,16H2,1-2H3. The molecule has 1 aromatic rings. The minimum Gasteiger partial charge on any atom is -0.494 e. The van der Waals surface area contributed by atoms with Gasteiger partial charge in [0.05, 0.1) is 11.5 Å². The van der Waals surface area contributed by atoms with Gasteiger partial charge in [-0.3, -0.25) is 0 Å². The maximum Gasteiger partial charge on any atom is 0.240 e. The molecule has 0 amide bonds. The van der Waals surface area contributed by atoms with Gasteiger partial charge in [0.15, 0.2) is 0 Å². The maximum atomic E-state index is 12.5. The Bertz CT molecular complexity index is 587. The van der Waals surface area contributed by atoms with E-state index < -0.39 is 10.0 Å². The van der Waals surface area contributed by atoms with Crippen LogP contribution in [0.15, 0.2) is 23.1 Å². The molecule has 2 unspecified atom stereocenters. The summed E-state index contributed by atoms with van der Waals surface area (Å²) >= 11 is 0. The largest absolute Gasteiger partial charge is 0.494 e. The van der Waals surface area contributed by atoms with Crippen molar-refractivity contribution >= 4 is 10.0 Å². The van der Waals surface area contributed by atoms with Crippen LogP contribution in [0.2, 0.25) is 0 Å². The highest BCUT2D eigenvalue weighted by atomic mass is 32.2. The van der Waals surface area contributed by atoms with Gasteiger partial charge in [-0.2, -0.15) is 0 Å². The molecule has 0 bridgehead atoms. The van der Waals surface area contributed by atoms with E-state index in [-0.39, 0.29) is 16.9 Å². The third-order valence-electron chi connectivity index (χ3n) is 4.02. The topological polar surface area (TPSA) is 81.4 Å². The van der Waals surface area contributed by atoms with E-state index in [2.05, 4.69) is 4.72 Å². The maximum absolute atomic E-state index is 12.5. The second kappa shape index (κ2) is 6.77.